The smallest absolute Gasteiger partial charge is 0.399 e. The zero-order chi connectivity index (χ0) is 43.9. The lowest BCUT2D eigenvalue weighted by molar-refractivity contribution is 0.00578. The molecule has 2 aromatic carbocycles. The molecule has 20 heteroatoms. The van der Waals surface area contributed by atoms with Crippen LogP contribution in [0.3, 0.4) is 0 Å². The summed E-state index contributed by atoms with van der Waals surface area (Å²) in [5, 5.41) is 13.3. The van der Waals surface area contributed by atoms with Gasteiger partial charge < -0.3 is 19.9 Å². The first-order valence-electron chi connectivity index (χ1n) is 17.9. The molecule has 12 nitrogen and oxygen atoms in total. The highest BCUT2D eigenvalue weighted by atomic mass is 79.9. The van der Waals surface area contributed by atoms with Gasteiger partial charge in [0, 0.05) is 65.6 Å². The van der Waals surface area contributed by atoms with Crippen molar-refractivity contribution < 1.29 is 36.5 Å². The molecule has 4 aromatic heterocycles. The maximum absolute atomic E-state index is 13.0. The molecule has 1 fully saturated rings. The molecule has 0 aliphatic carbocycles. The van der Waals surface area contributed by atoms with Crippen molar-refractivity contribution in [1.82, 2.24) is 29.5 Å². The molecule has 0 saturated carbocycles. The predicted molar refractivity (Wildman–Crippen MR) is 226 cm³/mol. The minimum Gasteiger partial charge on any atom is -0.399 e. The van der Waals surface area contributed by atoms with Crippen molar-refractivity contribution in [2.75, 3.05) is 10.6 Å². The van der Waals surface area contributed by atoms with Gasteiger partial charge in [-0.25, -0.2) is 27.5 Å². The summed E-state index contributed by atoms with van der Waals surface area (Å²) in [4.78, 5) is 32.5. The Kier molecular flexibility index (Phi) is 14.9. The Bertz CT molecular complexity index is 2420. The zero-order valence-corrected chi connectivity index (χ0v) is 36.0. The standard InChI is InChI=1S/C17H13ClF2N4O.C12H10BrF2N3O.C11H15BClNO2/c1-24-9-12(15(23-24)16(19)20)17(25)22-13-5-3-2-4-11(13)10-6-7-14(18)21-8-10;1-18-6-7(10(17-18)11(14)15)12(19)16-9-5-3-2-4-8(9)13;1-10(2)11(3,4)16-12(15-10)8-5-6-9(13)14-7-8/h2-9,16H,1H3,(H,22,25);2-6,11H,1H3,(H,16,19);5-7H,1-4H3. The average molecular weight is 932 g/mol. The van der Waals surface area contributed by atoms with Crippen LogP contribution in [0.25, 0.3) is 11.1 Å². The number of carbonyl (C=O) groups excluding carboxylic acids is 2. The lowest BCUT2D eigenvalue weighted by Crippen LogP contribution is -2.41. The second-order valence-corrected chi connectivity index (χ2v) is 15.7. The average Bonchev–Trinajstić information content (AvgIpc) is 3.86. The molecular weight excluding hydrogens is 894 g/mol. The highest BCUT2D eigenvalue weighted by Crippen LogP contribution is 2.36. The molecule has 2 N–H and O–H groups in total. The molecule has 1 saturated heterocycles. The topological polar surface area (TPSA) is 138 Å². The summed E-state index contributed by atoms with van der Waals surface area (Å²) in [5.74, 6) is -1.27. The maximum Gasteiger partial charge on any atom is 0.496 e. The van der Waals surface area contributed by atoms with Gasteiger partial charge in [0.2, 0.25) is 0 Å². The molecule has 7 rings (SSSR count). The Morgan fingerprint density at radius 3 is 1.63 bits per heavy atom. The molecule has 314 valence electrons. The van der Waals surface area contributed by atoms with Gasteiger partial charge in [-0.2, -0.15) is 10.2 Å². The number of alkyl halides is 4. The second kappa shape index (κ2) is 19.5. The number of carbonyl (C=O) groups is 2. The van der Waals surface area contributed by atoms with Crippen LogP contribution in [0.1, 0.15) is 72.6 Å². The van der Waals surface area contributed by atoms with Crippen LogP contribution in [0, 0.1) is 0 Å². The van der Waals surface area contributed by atoms with Gasteiger partial charge in [-0.3, -0.25) is 19.0 Å². The van der Waals surface area contributed by atoms with Gasteiger partial charge >= 0.3 is 7.12 Å². The number of para-hydroxylation sites is 2. The normalized spacial score (nSPS) is 13.9. The number of benzene rings is 2. The Balaban J connectivity index is 0.000000176. The summed E-state index contributed by atoms with van der Waals surface area (Å²) in [6.07, 6.45) is 0.169. The molecule has 0 atom stereocenters. The minimum absolute atomic E-state index is 0.131. The van der Waals surface area contributed by atoms with E-state index < -0.39 is 36.1 Å². The first-order valence-corrected chi connectivity index (χ1v) is 19.5. The molecule has 0 radical (unpaired) electrons. The summed E-state index contributed by atoms with van der Waals surface area (Å²) in [7, 11) is 2.60. The van der Waals surface area contributed by atoms with Gasteiger partial charge in [-0.15, -0.1) is 0 Å². The van der Waals surface area contributed by atoms with Crippen molar-refractivity contribution >= 4 is 74.9 Å². The molecule has 0 spiro atoms. The lowest BCUT2D eigenvalue weighted by atomic mass is 9.80. The fourth-order valence-electron chi connectivity index (χ4n) is 5.51. The highest BCUT2D eigenvalue weighted by molar-refractivity contribution is 9.10. The van der Waals surface area contributed by atoms with Crippen LogP contribution in [0.2, 0.25) is 10.3 Å². The molecule has 60 heavy (non-hydrogen) atoms. The number of aryl methyl sites for hydroxylation is 2. The number of aromatic nitrogens is 6. The SMILES string of the molecule is CC1(C)OB(c2ccc(Cl)nc2)OC1(C)C.Cn1cc(C(=O)Nc2ccccc2-c2ccc(Cl)nc2)c(C(F)F)n1.Cn1cc(C(=O)Nc2ccccc2Br)c(C(F)F)n1. The van der Waals surface area contributed by atoms with Gasteiger partial charge in [0.1, 0.15) is 21.7 Å². The van der Waals surface area contributed by atoms with E-state index in [0.717, 1.165) is 11.0 Å². The number of amides is 2. The first kappa shape index (κ1) is 45.9. The van der Waals surface area contributed by atoms with Gasteiger partial charge in [0.25, 0.3) is 24.7 Å². The van der Waals surface area contributed by atoms with Crippen LogP contribution in [0.4, 0.5) is 28.9 Å². The number of nitrogens with one attached hydrogen (secondary N) is 2. The number of nitrogens with zero attached hydrogens (tertiary/aromatic N) is 6. The number of pyridine rings is 2. The van der Waals surface area contributed by atoms with Gasteiger partial charge in [-0.1, -0.05) is 59.6 Å². The molecule has 2 amide bonds. The lowest BCUT2D eigenvalue weighted by Gasteiger charge is -2.32. The van der Waals surface area contributed by atoms with Gasteiger partial charge in [-0.05, 0) is 80.0 Å². The third-order valence-corrected chi connectivity index (χ3v) is 10.4. The maximum atomic E-state index is 13.0. The summed E-state index contributed by atoms with van der Waals surface area (Å²) >= 11 is 14.8. The van der Waals surface area contributed by atoms with E-state index in [1.54, 1.807) is 79.1 Å². The highest BCUT2D eigenvalue weighted by Gasteiger charge is 2.51. The largest absolute Gasteiger partial charge is 0.496 e. The van der Waals surface area contributed by atoms with Crippen molar-refractivity contribution in [3.63, 3.8) is 0 Å². The van der Waals surface area contributed by atoms with E-state index in [-0.39, 0.29) is 29.4 Å². The summed E-state index contributed by atoms with van der Waals surface area (Å²) in [6.45, 7) is 8.10. The number of anilines is 2. The predicted octanol–water partition coefficient (Wildman–Crippen LogP) is 9.73. The van der Waals surface area contributed by atoms with Crippen molar-refractivity contribution in [3.05, 3.63) is 135 Å². The van der Waals surface area contributed by atoms with Crippen molar-refractivity contribution in [1.29, 1.82) is 0 Å². The molecule has 1 aliphatic heterocycles. The van der Waals surface area contributed by atoms with Crippen LogP contribution in [-0.2, 0) is 23.4 Å². The Morgan fingerprint density at radius 2 is 1.17 bits per heavy atom. The summed E-state index contributed by atoms with van der Waals surface area (Å²) in [5.41, 5.74) is 1.30. The van der Waals surface area contributed by atoms with E-state index in [4.69, 9.17) is 32.5 Å². The van der Waals surface area contributed by atoms with Crippen LogP contribution >= 0.6 is 39.1 Å². The van der Waals surface area contributed by atoms with E-state index in [0.29, 0.717) is 31.7 Å². The third kappa shape index (κ3) is 11.4. The Hall–Kier alpha value is -5.14. The second-order valence-electron chi connectivity index (χ2n) is 14.1. The van der Waals surface area contributed by atoms with Gasteiger partial charge in [0.05, 0.1) is 28.0 Å². The molecule has 5 heterocycles. The van der Waals surface area contributed by atoms with Gasteiger partial charge in [0.15, 0.2) is 0 Å². The molecule has 1 aliphatic rings. The van der Waals surface area contributed by atoms with E-state index in [1.165, 1.54) is 35.9 Å². The number of hydrogen-bond acceptors (Lipinski definition) is 8. The molecule has 0 unspecified atom stereocenters. The molecule has 0 bridgehead atoms. The van der Waals surface area contributed by atoms with Crippen molar-refractivity contribution in [2.24, 2.45) is 14.1 Å². The fourth-order valence-corrected chi connectivity index (χ4v) is 6.12. The van der Waals surface area contributed by atoms with E-state index >= 15 is 0 Å². The monoisotopic (exact) mass is 930 g/mol. The molecule has 6 aromatic rings. The van der Waals surface area contributed by atoms with Crippen molar-refractivity contribution in [3.8, 4) is 11.1 Å². The fraction of sp³-hybridized carbons (Fsp3) is 0.250. The first-order chi connectivity index (χ1) is 28.3. The Morgan fingerprint density at radius 1 is 0.700 bits per heavy atom. The van der Waals surface area contributed by atoms with Crippen LogP contribution in [-0.4, -0.2) is 59.7 Å². The Labute approximate surface area is 361 Å². The van der Waals surface area contributed by atoms with E-state index in [9.17, 15) is 27.2 Å². The van der Waals surface area contributed by atoms with E-state index in [2.05, 4.69) is 46.7 Å². The van der Waals surface area contributed by atoms with Crippen LogP contribution < -0.4 is 16.1 Å². The minimum atomic E-state index is -2.84. The van der Waals surface area contributed by atoms with Crippen LogP contribution in [0.15, 0.2) is 102 Å². The number of halogens is 7. The molecular formula is C40H38BBrCl2F4N8O4. The number of rotatable bonds is 8. The van der Waals surface area contributed by atoms with E-state index in [1.807, 2.05) is 33.8 Å². The summed E-state index contributed by atoms with van der Waals surface area (Å²) < 4.78 is 66.4. The van der Waals surface area contributed by atoms with Crippen LogP contribution in [0.5, 0.6) is 0 Å². The van der Waals surface area contributed by atoms with Crippen molar-refractivity contribution in [2.45, 2.75) is 51.7 Å². The number of hydrogen-bond donors (Lipinski definition) is 2. The quantitative estimate of drug-likeness (QED) is 0.0875. The zero-order valence-electron chi connectivity index (χ0n) is 32.9. The summed E-state index contributed by atoms with van der Waals surface area (Å²) in [6, 6.07) is 20.9. The third-order valence-electron chi connectivity index (χ3n) is 9.23.